The third-order valence-electron chi connectivity index (χ3n) is 3.61. The Kier molecular flexibility index (Phi) is 5.04. The van der Waals surface area contributed by atoms with Crippen LogP contribution < -0.4 is 5.32 Å². The van der Waals surface area contributed by atoms with E-state index in [0.29, 0.717) is 10.8 Å². The highest BCUT2D eigenvalue weighted by molar-refractivity contribution is 7.14. The third kappa shape index (κ3) is 4.06. The van der Waals surface area contributed by atoms with E-state index in [1.165, 1.54) is 28.2 Å². The highest BCUT2D eigenvalue weighted by Gasteiger charge is 2.24. The second-order valence-electron chi connectivity index (χ2n) is 6.12. The zero-order valence-electron chi connectivity index (χ0n) is 13.1. The summed E-state index contributed by atoms with van der Waals surface area (Å²) in [6.07, 6.45) is 2.48. The van der Waals surface area contributed by atoms with Gasteiger partial charge in [-0.2, -0.15) is 0 Å². The normalized spacial score (nSPS) is 19.0. The first-order valence-corrected chi connectivity index (χ1v) is 8.31. The summed E-state index contributed by atoms with van der Waals surface area (Å²) >= 11 is 1.51. The molecule has 1 aromatic heterocycles. The van der Waals surface area contributed by atoms with Crippen molar-refractivity contribution in [2.75, 3.05) is 0 Å². The number of thiophene rings is 1. The van der Waals surface area contributed by atoms with Crippen LogP contribution in [-0.4, -0.2) is 24.0 Å². The van der Waals surface area contributed by atoms with Crippen LogP contribution in [0.5, 0.6) is 0 Å². The van der Waals surface area contributed by atoms with E-state index in [4.69, 9.17) is 4.74 Å². The van der Waals surface area contributed by atoms with Gasteiger partial charge in [0.05, 0.1) is 0 Å². The number of aryl methyl sites for hydroxylation is 1. The van der Waals surface area contributed by atoms with Gasteiger partial charge in [-0.25, -0.2) is 4.79 Å². The van der Waals surface area contributed by atoms with Crippen LogP contribution in [0.15, 0.2) is 6.07 Å². The van der Waals surface area contributed by atoms with E-state index in [-0.39, 0.29) is 11.9 Å². The topological polar surface area (TPSA) is 55.4 Å². The number of nitrogens with one attached hydrogen (secondary N) is 1. The molecular formula is C16H23NO3S. The average molecular weight is 309 g/mol. The summed E-state index contributed by atoms with van der Waals surface area (Å²) in [5.41, 5.74) is 1.27. The average Bonchev–Trinajstić information content (AvgIpc) is 2.80. The van der Waals surface area contributed by atoms with Crippen molar-refractivity contribution in [1.29, 1.82) is 0 Å². The quantitative estimate of drug-likeness (QED) is 0.870. The SMILES string of the molecule is CC(C)NC(=O)[C@@H](C)OC(=O)c1cc2c(s1)CC[C@@H](C)C2. The first kappa shape index (κ1) is 16.0. The van der Waals surface area contributed by atoms with Crippen molar-refractivity contribution in [3.63, 3.8) is 0 Å². The van der Waals surface area contributed by atoms with E-state index in [1.807, 2.05) is 19.9 Å². The molecule has 1 amide bonds. The van der Waals surface area contributed by atoms with Gasteiger partial charge in [-0.15, -0.1) is 11.3 Å². The molecule has 0 unspecified atom stereocenters. The summed E-state index contributed by atoms with van der Waals surface area (Å²) < 4.78 is 5.26. The van der Waals surface area contributed by atoms with E-state index in [0.717, 1.165) is 12.8 Å². The van der Waals surface area contributed by atoms with Gasteiger partial charge in [-0.3, -0.25) is 4.79 Å². The lowest BCUT2D eigenvalue weighted by Gasteiger charge is -2.16. The van der Waals surface area contributed by atoms with E-state index < -0.39 is 12.1 Å². The summed E-state index contributed by atoms with van der Waals surface area (Å²) in [7, 11) is 0. The predicted molar refractivity (Wildman–Crippen MR) is 83.7 cm³/mol. The molecule has 2 rings (SSSR count). The van der Waals surface area contributed by atoms with Gasteiger partial charge in [-0.1, -0.05) is 6.92 Å². The van der Waals surface area contributed by atoms with Gasteiger partial charge in [0.2, 0.25) is 0 Å². The molecule has 1 heterocycles. The predicted octanol–water partition coefficient (Wildman–Crippen LogP) is 2.94. The minimum Gasteiger partial charge on any atom is -0.448 e. The Balaban J connectivity index is 1.99. The molecule has 0 saturated carbocycles. The molecule has 1 N–H and O–H groups in total. The van der Waals surface area contributed by atoms with Crippen molar-refractivity contribution in [2.24, 2.45) is 5.92 Å². The fourth-order valence-electron chi connectivity index (χ4n) is 2.48. The molecule has 1 aliphatic rings. The largest absolute Gasteiger partial charge is 0.448 e. The van der Waals surface area contributed by atoms with Gasteiger partial charge in [0.15, 0.2) is 6.10 Å². The van der Waals surface area contributed by atoms with Crippen molar-refractivity contribution in [1.82, 2.24) is 5.32 Å². The number of ether oxygens (including phenoxy) is 1. The Hall–Kier alpha value is -1.36. The molecule has 21 heavy (non-hydrogen) atoms. The third-order valence-corrected chi connectivity index (χ3v) is 4.83. The molecule has 5 heteroatoms. The number of amides is 1. The van der Waals surface area contributed by atoms with E-state index in [9.17, 15) is 9.59 Å². The fraction of sp³-hybridized carbons (Fsp3) is 0.625. The Labute approximate surface area is 129 Å². The number of hydrogen-bond donors (Lipinski definition) is 1. The molecule has 1 aromatic rings. The maximum Gasteiger partial charge on any atom is 0.349 e. The van der Waals surface area contributed by atoms with Crippen LogP contribution in [0, 0.1) is 5.92 Å². The molecule has 2 atom stereocenters. The molecule has 0 spiro atoms. The number of carbonyl (C=O) groups is 2. The number of fused-ring (bicyclic) bond motifs is 1. The van der Waals surface area contributed by atoms with E-state index in [1.54, 1.807) is 6.92 Å². The molecule has 0 aliphatic heterocycles. The van der Waals surface area contributed by atoms with Crippen LogP contribution >= 0.6 is 11.3 Å². The summed E-state index contributed by atoms with van der Waals surface area (Å²) in [5, 5.41) is 2.74. The lowest BCUT2D eigenvalue weighted by Crippen LogP contribution is -2.39. The highest BCUT2D eigenvalue weighted by atomic mass is 32.1. The fourth-order valence-corrected chi connectivity index (χ4v) is 3.57. The number of rotatable bonds is 4. The molecule has 0 fully saturated rings. The van der Waals surface area contributed by atoms with Crippen LogP contribution in [0.1, 0.15) is 54.2 Å². The van der Waals surface area contributed by atoms with Gasteiger partial charge in [0.1, 0.15) is 4.88 Å². The van der Waals surface area contributed by atoms with Gasteiger partial charge in [0.25, 0.3) is 5.91 Å². The Morgan fingerprint density at radius 1 is 1.38 bits per heavy atom. The maximum atomic E-state index is 12.2. The van der Waals surface area contributed by atoms with Gasteiger partial charge < -0.3 is 10.1 Å². The summed E-state index contributed by atoms with van der Waals surface area (Å²) in [6.45, 7) is 7.59. The van der Waals surface area contributed by atoms with Crippen LogP contribution in [-0.2, 0) is 22.4 Å². The summed E-state index contributed by atoms with van der Waals surface area (Å²) in [4.78, 5) is 25.8. The lowest BCUT2D eigenvalue weighted by atomic mass is 9.90. The van der Waals surface area contributed by atoms with Crippen LogP contribution in [0.4, 0.5) is 0 Å². The number of esters is 1. The highest BCUT2D eigenvalue weighted by Crippen LogP contribution is 2.32. The molecule has 4 nitrogen and oxygen atoms in total. The van der Waals surface area contributed by atoms with Crippen molar-refractivity contribution in [2.45, 2.75) is 59.1 Å². The first-order chi connectivity index (χ1) is 9.86. The van der Waals surface area contributed by atoms with Gasteiger partial charge >= 0.3 is 5.97 Å². The second-order valence-corrected chi connectivity index (χ2v) is 7.25. The summed E-state index contributed by atoms with van der Waals surface area (Å²) in [6, 6.07) is 1.97. The van der Waals surface area contributed by atoms with Gasteiger partial charge in [0, 0.05) is 10.9 Å². The minimum absolute atomic E-state index is 0.0363. The smallest absolute Gasteiger partial charge is 0.349 e. The lowest BCUT2D eigenvalue weighted by molar-refractivity contribution is -0.129. The molecule has 0 aromatic carbocycles. The van der Waals surface area contributed by atoms with E-state index >= 15 is 0 Å². The van der Waals surface area contributed by atoms with Crippen molar-refractivity contribution < 1.29 is 14.3 Å². The zero-order chi connectivity index (χ0) is 15.6. The minimum atomic E-state index is -0.766. The molecule has 1 aliphatic carbocycles. The van der Waals surface area contributed by atoms with Crippen LogP contribution in [0.25, 0.3) is 0 Å². The zero-order valence-corrected chi connectivity index (χ0v) is 13.9. The monoisotopic (exact) mass is 309 g/mol. The molecular weight excluding hydrogens is 286 g/mol. The number of hydrogen-bond acceptors (Lipinski definition) is 4. The standard InChI is InChI=1S/C16H23NO3S/c1-9(2)17-15(18)11(4)20-16(19)14-8-12-7-10(3)5-6-13(12)21-14/h8-11H,5-7H2,1-4H3,(H,17,18)/t10-,11-/m1/s1. The van der Waals surface area contributed by atoms with Crippen LogP contribution in [0.3, 0.4) is 0 Å². The van der Waals surface area contributed by atoms with Gasteiger partial charge in [-0.05, 0) is 57.6 Å². The Bertz CT molecular complexity index is 536. The molecule has 0 radical (unpaired) electrons. The Morgan fingerprint density at radius 2 is 2.10 bits per heavy atom. The molecule has 0 bridgehead atoms. The maximum absolute atomic E-state index is 12.2. The summed E-state index contributed by atoms with van der Waals surface area (Å²) in [5.74, 6) is 0.0217. The van der Waals surface area contributed by atoms with E-state index in [2.05, 4.69) is 12.2 Å². The molecule has 116 valence electrons. The van der Waals surface area contributed by atoms with Crippen molar-refractivity contribution >= 4 is 23.2 Å². The first-order valence-electron chi connectivity index (χ1n) is 7.49. The van der Waals surface area contributed by atoms with Crippen LogP contribution in [0.2, 0.25) is 0 Å². The Morgan fingerprint density at radius 3 is 2.76 bits per heavy atom. The molecule has 0 saturated heterocycles. The van der Waals surface area contributed by atoms with Crippen molar-refractivity contribution in [3.05, 3.63) is 21.4 Å². The van der Waals surface area contributed by atoms with Crippen molar-refractivity contribution in [3.8, 4) is 0 Å². The second kappa shape index (κ2) is 6.60. The number of carbonyl (C=O) groups excluding carboxylic acids is 2.